The number of alkyl carbamates (subject to hydrolysis) is 1. The second-order valence-corrected chi connectivity index (χ2v) is 5.41. The minimum Gasteiger partial charge on any atom is -0.463 e. The molecule has 1 atom stereocenters. The van der Waals surface area contributed by atoms with Crippen molar-refractivity contribution in [3.63, 3.8) is 0 Å². The first-order valence-corrected chi connectivity index (χ1v) is 6.46. The SMILES string of the molecule is CC(=O)OC[C@H](NC(=O)OC(C)(C)C)c1ccccc1. The number of amides is 1. The summed E-state index contributed by atoms with van der Waals surface area (Å²) in [5.41, 5.74) is 0.270. The molecule has 0 aliphatic rings. The summed E-state index contributed by atoms with van der Waals surface area (Å²) in [6, 6.07) is 8.85. The van der Waals surface area contributed by atoms with Crippen molar-refractivity contribution >= 4 is 12.1 Å². The molecule has 1 N–H and O–H groups in total. The third-order valence-electron chi connectivity index (χ3n) is 2.35. The standard InChI is InChI=1S/C15H21NO4/c1-11(17)19-10-13(12-8-6-5-7-9-12)16-14(18)20-15(2,3)4/h5-9,13H,10H2,1-4H3,(H,16,18)/t13-/m0/s1. The summed E-state index contributed by atoms with van der Waals surface area (Å²) < 4.78 is 10.2. The molecule has 1 aromatic carbocycles. The summed E-state index contributed by atoms with van der Waals surface area (Å²) in [6.07, 6.45) is -0.543. The van der Waals surface area contributed by atoms with Gasteiger partial charge in [0, 0.05) is 6.92 Å². The van der Waals surface area contributed by atoms with Crippen LogP contribution in [0.15, 0.2) is 30.3 Å². The number of rotatable bonds is 4. The lowest BCUT2D eigenvalue weighted by molar-refractivity contribution is -0.141. The number of hydrogen-bond donors (Lipinski definition) is 1. The Labute approximate surface area is 119 Å². The van der Waals surface area contributed by atoms with Gasteiger partial charge in [-0.15, -0.1) is 0 Å². The van der Waals surface area contributed by atoms with E-state index in [0.29, 0.717) is 0 Å². The van der Waals surface area contributed by atoms with Crippen LogP contribution in [0, 0.1) is 0 Å². The minimum absolute atomic E-state index is 0.0680. The van der Waals surface area contributed by atoms with Crippen molar-refractivity contribution < 1.29 is 19.1 Å². The van der Waals surface area contributed by atoms with Gasteiger partial charge in [0.1, 0.15) is 12.2 Å². The summed E-state index contributed by atoms with van der Waals surface area (Å²) in [5, 5.41) is 2.71. The molecule has 0 heterocycles. The average Bonchev–Trinajstić information content (AvgIpc) is 2.33. The van der Waals surface area contributed by atoms with Crippen molar-refractivity contribution in [2.45, 2.75) is 39.3 Å². The van der Waals surface area contributed by atoms with E-state index in [4.69, 9.17) is 9.47 Å². The molecule has 1 aromatic rings. The first-order chi connectivity index (χ1) is 9.28. The van der Waals surface area contributed by atoms with Crippen molar-refractivity contribution in [2.75, 3.05) is 6.61 Å². The normalized spacial score (nSPS) is 12.4. The maximum atomic E-state index is 11.8. The summed E-state index contributed by atoms with van der Waals surface area (Å²) >= 11 is 0. The Balaban J connectivity index is 2.73. The van der Waals surface area contributed by atoms with Crippen LogP contribution in [0.3, 0.4) is 0 Å². The topological polar surface area (TPSA) is 64.6 Å². The van der Waals surface area contributed by atoms with Crippen LogP contribution in [0.2, 0.25) is 0 Å². The monoisotopic (exact) mass is 279 g/mol. The fourth-order valence-corrected chi connectivity index (χ4v) is 1.56. The molecule has 110 valence electrons. The summed E-state index contributed by atoms with van der Waals surface area (Å²) in [6.45, 7) is 6.76. The van der Waals surface area contributed by atoms with E-state index in [0.717, 1.165) is 5.56 Å². The third-order valence-corrected chi connectivity index (χ3v) is 2.35. The van der Waals surface area contributed by atoms with E-state index in [1.165, 1.54) is 6.92 Å². The second-order valence-electron chi connectivity index (χ2n) is 5.41. The van der Waals surface area contributed by atoms with Gasteiger partial charge in [-0.05, 0) is 26.3 Å². The molecule has 0 aliphatic heterocycles. The molecule has 1 amide bonds. The minimum atomic E-state index is -0.577. The first-order valence-electron chi connectivity index (χ1n) is 6.46. The van der Waals surface area contributed by atoms with E-state index < -0.39 is 23.7 Å². The van der Waals surface area contributed by atoms with Crippen LogP contribution >= 0.6 is 0 Å². The average molecular weight is 279 g/mol. The van der Waals surface area contributed by atoms with Crippen molar-refractivity contribution in [3.8, 4) is 0 Å². The fraction of sp³-hybridized carbons (Fsp3) is 0.467. The van der Waals surface area contributed by atoms with Gasteiger partial charge in [-0.3, -0.25) is 4.79 Å². The molecule has 5 nitrogen and oxygen atoms in total. The predicted molar refractivity (Wildman–Crippen MR) is 75.2 cm³/mol. The van der Waals surface area contributed by atoms with Crippen LogP contribution < -0.4 is 5.32 Å². The molecule has 0 bridgehead atoms. The molecule has 0 fully saturated rings. The maximum Gasteiger partial charge on any atom is 0.408 e. The van der Waals surface area contributed by atoms with Gasteiger partial charge in [0.05, 0.1) is 6.04 Å². The summed E-state index contributed by atoms with van der Waals surface area (Å²) in [5.74, 6) is -0.392. The quantitative estimate of drug-likeness (QED) is 0.861. The van der Waals surface area contributed by atoms with Crippen LogP contribution in [0.1, 0.15) is 39.3 Å². The fourth-order valence-electron chi connectivity index (χ4n) is 1.56. The molecule has 1 rings (SSSR count). The highest BCUT2D eigenvalue weighted by Crippen LogP contribution is 2.15. The van der Waals surface area contributed by atoms with Gasteiger partial charge in [-0.1, -0.05) is 30.3 Å². The van der Waals surface area contributed by atoms with Crippen LogP contribution in [0.5, 0.6) is 0 Å². The van der Waals surface area contributed by atoms with Crippen LogP contribution in [-0.2, 0) is 14.3 Å². The zero-order valence-electron chi connectivity index (χ0n) is 12.3. The van der Waals surface area contributed by atoms with E-state index in [9.17, 15) is 9.59 Å². The van der Waals surface area contributed by atoms with Gasteiger partial charge in [0.2, 0.25) is 0 Å². The van der Waals surface area contributed by atoms with Crippen LogP contribution in [-0.4, -0.2) is 24.3 Å². The molecule has 0 aliphatic carbocycles. The Morgan fingerprint density at radius 1 is 1.20 bits per heavy atom. The van der Waals surface area contributed by atoms with E-state index in [2.05, 4.69) is 5.32 Å². The first kappa shape index (κ1) is 16.0. The lowest BCUT2D eigenvalue weighted by Crippen LogP contribution is -2.36. The van der Waals surface area contributed by atoms with Crippen molar-refractivity contribution in [1.29, 1.82) is 0 Å². The van der Waals surface area contributed by atoms with E-state index >= 15 is 0 Å². The highest BCUT2D eigenvalue weighted by molar-refractivity contribution is 5.69. The van der Waals surface area contributed by atoms with Crippen LogP contribution in [0.25, 0.3) is 0 Å². The number of hydrogen-bond acceptors (Lipinski definition) is 4. The Kier molecular flexibility index (Phi) is 5.55. The van der Waals surface area contributed by atoms with Crippen molar-refractivity contribution in [2.24, 2.45) is 0 Å². The van der Waals surface area contributed by atoms with E-state index in [-0.39, 0.29) is 6.61 Å². The Hall–Kier alpha value is -2.04. The molecule has 0 saturated carbocycles. The molecule has 0 spiro atoms. The van der Waals surface area contributed by atoms with Gasteiger partial charge in [-0.2, -0.15) is 0 Å². The lowest BCUT2D eigenvalue weighted by Gasteiger charge is -2.23. The second kappa shape index (κ2) is 6.93. The molecule has 0 radical (unpaired) electrons. The number of nitrogens with one attached hydrogen (secondary N) is 1. The number of esters is 1. The third kappa shape index (κ3) is 6.22. The van der Waals surface area contributed by atoms with Crippen LogP contribution in [0.4, 0.5) is 4.79 Å². The van der Waals surface area contributed by atoms with Gasteiger partial charge in [-0.25, -0.2) is 4.79 Å². The number of carbonyl (C=O) groups is 2. The van der Waals surface area contributed by atoms with E-state index in [1.807, 2.05) is 30.3 Å². The lowest BCUT2D eigenvalue weighted by atomic mass is 10.1. The van der Waals surface area contributed by atoms with Gasteiger partial charge in [0.15, 0.2) is 0 Å². The molecule has 5 heteroatoms. The Morgan fingerprint density at radius 3 is 2.30 bits per heavy atom. The number of carbonyl (C=O) groups excluding carboxylic acids is 2. The van der Waals surface area contributed by atoms with Crippen molar-refractivity contribution in [3.05, 3.63) is 35.9 Å². The zero-order valence-corrected chi connectivity index (χ0v) is 12.3. The van der Waals surface area contributed by atoms with Gasteiger partial charge >= 0.3 is 12.1 Å². The molecular formula is C15H21NO4. The highest BCUT2D eigenvalue weighted by atomic mass is 16.6. The number of ether oxygens (including phenoxy) is 2. The van der Waals surface area contributed by atoms with Crippen molar-refractivity contribution in [1.82, 2.24) is 5.32 Å². The molecule has 0 aromatic heterocycles. The molecule has 20 heavy (non-hydrogen) atoms. The molecule has 0 unspecified atom stereocenters. The maximum absolute atomic E-state index is 11.8. The Bertz CT molecular complexity index is 451. The highest BCUT2D eigenvalue weighted by Gasteiger charge is 2.21. The van der Waals surface area contributed by atoms with E-state index in [1.54, 1.807) is 20.8 Å². The largest absolute Gasteiger partial charge is 0.463 e. The van der Waals surface area contributed by atoms with Gasteiger partial charge in [0.25, 0.3) is 0 Å². The Morgan fingerprint density at radius 2 is 1.80 bits per heavy atom. The predicted octanol–water partition coefficient (Wildman–Crippen LogP) is 2.82. The molecular weight excluding hydrogens is 258 g/mol. The molecule has 0 saturated heterocycles. The summed E-state index contributed by atoms with van der Waals surface area (Å²) in [7, 11) is 0. The van der Waals surface area contributed by atoms with Gasteiger partial charge < -0.3 is 14.8 Å². The number of benzene rings is 1. The zero-order chi connectivity index (χ0) is 15.2. The summed E-state index contributed by atoms with van der Waals surface area (Å²) in [4.78, 5) is 22.7. The smallest absolute Gasteiger partial charge is 0.408 e.